The smallest absolute Gasteiger partial charge is 0.326 e. The van der Waals surface area contributed by atoms with Gasteiger partial charge in [0, 0.05) is 19.4 Å². The number of carboxylic acids is 1. The van der Waals surface area contributed by atoms with Gasteiger partial charge in [-0.15, -0.1) is 0 Å². The van der Waals surface area contributed by atoms with Gasteiger partial charge in [0.1, 0.15) is 31.0 Å². The van der Waals surface area contributed by atoms with Gasteiger partial charge in [0.2, 0.25) is 5.91 Å². The Labute approximate surface area is 366 Å². The number of hydrogen-bond acceptors (Lipinski definition) is 7. The van der Waals surface area contributed by atoms with Crippen LogP contribution in [-0.2, 0) is 35.6 Å². The van der Waals surface area contributed by atoms with Crippen LogP contribution in [0.4, 0.5) is 0 Å². The summed E-state index contributed by atoms with van der Waals surface area (Å²) in [6.45, 7) is 0.566. The van der Waals surface area contributed by atoms with Crippen molar-refractivity contribution in [1.29, 1.82) is 5.26 Å². The number of benzene rings is 6. The Bertz CT molecular complexity index is 2670. The van der Waals surface area contributed by atoms with Crippen LogP contribution in [0.5, 0.6) is 17.2 Å². The van der Waals surface area contributed by atoms with Crippen molar-refractivity contribution in [2.24, 2.45) is 0 Å². The molecule has 2 aliphatic rings. The van der Waals surface area contributed by atoms with Crippen LogP contribution >= 0.6 is 34.8 Å². The molecule has 0 bridgehead atoms. The van der Waals surface area contributed by atoms with Crippen LogP contribution in [0.15, 0.2) is 127 Å². The Hall–Kier alpha value is -6.51. The number of nitriles is 1. The van der Waals surface area contributed by atoms with Crippen molar-refractivity contribution in [3.63, 3.8) is 0 Å². The third-order valence-electron chi connectivity index (χ3n) is 10.7. The molecule has 0 aliphatic carbocycles. The summed E-state index contributed by atoms with van der Waals surface area (Å²) in [5.74, 6) is -0.673. The normalized spacial score (nSPS) is 15.8. The molecule has 6 aromatic carbocycles. The fourth-order valence-corrected chi connectivity index (χ4v) is 7.94. The summed E-state index contributed by atoms with van der Waals surface area (Å²) in [5.41, 5.74) is 6.50. The summed E-state index contributed by atoms with van der Waals surface area (Å²) < 4.78 is 18.6. The van der Waals surface area contributed by atoms with Crippen molar-refractivity contribution in [2.75, 3.05) is 6.61 Å². The van der Waals surface area contributed by atoms with Gasteiger partial charge in [0.25, 0.3) is 5.91 Å². The molecule has 0 spiro atoms. The van der Waals surface area contributed by atoms with E-state index in [4.69, 9.17) is 54.3 Å². The number of carbonyl (C=O) groups is 3. The number of carbonyl (C=O) groups excluding carboxylic acids is 2. The van der Waals surface area contributed by atoms with Crippen LogP contribution in [0.1, 0.15) is 49.8 Å². The molecule has 0 saturated heterocycles. The first kappa shape index (κ1) is 41.2. The molecule has 2 N–H and O–H groups in total. The quantitative estimate of drug-likeness (QED) is 0.131. The van der Waals surface area contributed by atoms with Crippen LogP contribution in [-0.4, -0.2) is 46.5 Å². The highest BCUT2D eigenvalue weighted by atomic mass is 35.5. The summed E-state index contributed by atoms with van der Waals surface area (Å²) >= 11 is 18.7. The fraction of sp³-hybridized carbons (Fsp3) is 0.167. The maximum absolute atomic E-state index is 14.2. The molecule has 10 nitrogen and oxygen atoms in total. The van der Waals surface area contributed by atoms with Crippen LogP contribution < -0.4 is 19.5 Å². The van der Waals surface area contributed by atoms with Gasteiger partial charge in [0.05, 0.1) is 32.3 Å². The number of rotatable bonds is 11. The van der Waals surface area contributed by atoms with Gasteiger partial charge >= 0.3 is 5.97 Å². The van der Waals surface area contributed by atoms with E-state index in [1.54, 1.807) is 60.7 Å². The van der Waals surface area contributed by atoms with Crippen molar-refractivity contribution in [3.05, 3.63) is 181 Å². The Morgan fingerprint density at radius 1 is 0.803 bits per heavy atom. The van der Waals surface area contributed by atoms with E-state index >= 15 is 0 Å². The number of halogens is 3. The highest BCUT2D eigenvalue weighted by molar-refractivity contribution is 6.42. The molecule has 0 fully saturated rings. The fourth-order valence-electron chi connectivity index (χ4n) is 7.40. The van der Waals surface area contributed by atoms with Gasteiger partial charge in [-0.05, 0) is 99.6 Å². The highest BCUT2D eigenvalue weighted by Crippen LogP contribution is 2.41. The summed E-state index contributed by atoms with van der Waals surface area (Å²) in [7, 11) is 0. The van der Waals surface area contributed by atoms with Gasteiger partial charge in [-0.1, -0.05) is 102 Å². The van der Waals surface area contributed by atoms with E-state index in [0.717, 1.165) is 33.4 Å². The third-order valence-corrected chi connectivity index (χ3v) is 11.8. The number of amides is 2. The van der Waals surface area contributed by atoms with Crippen molar-refractivity contribution < 1.29 is 33.7 Å². The van der Waals surface area contributed by atoms with Crippen LogP contribution in [0, 0.1) is 11.3 Å². The molecule has 8 rings (SSSR count). The van der Waals surface area contributed by atoms with Crippen molar-refractivity contribution in [2.45, 2.75) is 44.2 Å². The first-order valence-electron chi connectivity index (χ1n) is 19.3. The van der Waals surface area contributed by atoms with Crippen molar-refractivity contribution in [1.82, 2.24) is 10.2 Å². The standard InChI is InChI=1S/C48H36Cl3N3O7/c49-38-4-2-1-3-37(38)47(56)54-25-35-23-44-43(60-27-45(61-44)33-14-16-36(17-15-33)59-26-30-9-18-39(50)40(51)19-30)22-34(35)21-42(54)46(55)53-41(48(57)58)20-28-5-10-31(11-6-28)32-12-7-29(24-52)8-13-32/h1-19,22-23,41-42,45H,20-21,25-27H2,(H,53,55)(H,57,58)/t41-,42?,45+/m0/s1. The number of nitrogens with one attached hydrogen (secondary N) is 1. The molecule has 2 amide bonds. The molecule has 6 aromatic rings. The number of fused-ring (bicyclic) bond motifs is 2. The van der Waals surface area contributed by atoms with E-state index < -0.39 is 36.0 Å². The highest BCUT2D eigenvalue weighted by Gasteiger charge is 2.38. The maximum atomic E-state index is 14.2. The predicted molar refractivity (Wildman–Crippen MR) is 231 cm³/mol. The van der Waals surface area contributed by atoms with Crippen LogP contribution in [0.2, 0.25) is 15.1 Å². The molecule has 306 valence electrons. The Morgan fingerprint density at radius 3 is 2.18 bits per heavy atom. The Balaban J connectivity index is 0.987. The number of aliphatic carboxylic acids is 1. The number of nitrogens with zero attached hydrogens (tertiary/aromatic N) is 2. The monoisotopic (exact) mass is 871 g/mol. The van der Waals surface area contributed by atoms with Gasteiger partial charge in [-0.2, -0.15) is 5.26 Å². The van der Waals surface area contributed by atoms with Gasteiger partial charge < -0.3 is 29.5 Å². The molecule has 3 atom stereocenters. The van der Waals surface area contributed by atoms with E-state index in [-0.39, 0.29) is 36.6 Å². The summed E-state index contributed by atoms with van der Waals surface area (Å²) in [6.07, 6.45) is -0.338. The zero-order valence-electron chi connectivity index (χ0n) is 32.3. The second-order valence-corrected chi connectivity index (χ2v) is 15.9. The van der Waals surface area contributed by atoms with E-state index in [0.29, 0.717) is 45.0 Å². The first-order chi connectivity index (χ1) is 29.5. The molecule has 61 heavy (non-hydrogen) atoms. The maximum Gasteiger partial charge on any atom is 0.326 e. The largest absolute Gasteiger partial charge is 0.489 e. The summed E-state index contributed by atoms with van der Waals surface area (Å²) in [4.78, 5) is 42.4. The van der Waals surface area contributed by atoms with E-state index in [1.807, 2.05) is 66.7 Å². The van der Waals surface area contributed by atoms with E-state index in [9.17, 15) is 19.5 Å². The lowest BCUT2D eigenvalue weighted by molar-refractivity contribution is -0.142. The zero-order chi connectivity index (χ0) is 42.6. The van der Waals surface area contributed by atoms with Crippen LogP contribution in [0.25, 0.3) is 11.1 Å². The lowest BCUT2D eigenvalue weighted by Gasteiger charge is -2.38. The van der Waals surface area contributed by atoms with Gasteiger partial charge in [0.15, 0.2) is 17.6 Å². The van der Waals surface area contributed by atoms with Gasteiger partial charge in [-0.3, -0.25) is 9.59 Å². The number of hydrogen-bond donors (Lipinski definition) is 2. The lowest BCUT2D eigenvalue weighted by atomic mass is 9.91. The SMILES string of the molecule is N#Cc1ccc(-c2ccc(C[C@H](NC(=O)C3Cc4cc5c(cc4CN3C(=O)c3ccccc3Cl)O[C@@H](c3ccc(OCc4ccc(Cl)c(Cl)c4)cc3)CO5)C(=O)O)cc2)cc1. The Kier molecular flexibility index (Phi) is 12.2. The molecule has 1 unspecified atom stereocenters. The average molecular weight is 873 g/mol. The molecule has 2 aliphatic heterocycles. The topological polar surface area (TPSA) is 138 Å². The minimum absolute atomic E-state index is 0.00479. The number of ether oxygens (including phenoxy) is 3. The average Bonchev–Trinajstić information content (AvgIpc) is 3.28. The van der Waals surface area contributed by atoms with Gasteiger partial charge in [-0.25, -0.2) is 4.79 Å². The molecule has 0 radical (unpaired) electrons. The second kappa shape index (κ2) is 18.0. The van der Waals surface area contributed by atoms with Crippen molar-refractivity contribution >= 4 is 52.6 Å². The first-order valence-corrected chi connectivity index (χ1v) is 20.5. The van der Waals surface area contributed by atoms with Crippen molar-refractivity contribution in [3.8, 4) is 34.4 Å². The summed E-state index contributed by atoms with van der Waals surface area (Å²) in [6, 6.07) is 37.4. The van der Waals surface area contributed by atoms with E-state index in [1.165, 1.54) is 4.90 Å². The number of carboxylic acid groups (broad SMARTS) is 1. The minimum Gasteiger partial charge on any atom is -0.489 e. The molecule has 0 saturated carbocycles. The minimum atomic E-state index is -1.28. The van der Waals surface area contributed by atoms with E-state index in [2.05, 4.69) is 11.4 Å². The molecular formula is C48H36Cl3N3O7. The zero-order valence-corrected chi connectivity index (χ0v) is 34.6. The molecule has 2 heterocycles. The van der Waals surface area contributed by atoms with Crippen LogP contribution in [0.3, 0.4) is 0 Å². The lowest BCUT2D eigenvalue weighted by Crippen LogP contribution is -2.56. The molecule has 0 aromatic heterocycles. The second-order valence-electron chi connectivity index (χ2n) is 14.7. The summed E-state index contributed by atoms with van der Waals surface area (Å²) in [5, 5.41) is 23.3. The third kappa shape index (κ3) is 9.30. The predicted octanol–water partition coefficient (Wildman–Crippen LogP) is 9.66. The molecular weight excluding hydrogens is 837 g/mol. The Morgan fingerprint density at radius 2 is 1.49 bits per heavy atom. The molecule has 13 heteroatoms.